The molecule has 0 fully saturated rings. The van der Waals surface area contributed by atoms with Crippen LogP contribution >= 0.6 is 11.6 Å². The van der Waals surface area contributed by atoms with Gasteiger partial charge in [-0.3, -0.25) is 4.79 Å². The van der Waals surface area contributed by atoms with Crippen molar-refractivity contribution in [3.05, 3.63) is 41.7 Å². The van der Waals surface area contributed by atoms with Gasteiger partial charge in [-0.05, 0) is 12.1 Å². The normalized spacial score (nSPS) is 9.88. The van der Waals surface area contributed by atoms with Gasteiger partial charge in [0.15, 0.2) is 5.82 Å². The Labute approximate surface area is 98.3 Å². The van der Waals surface area contributed by atoms with E-state index in [-0.39, 0.29) is 23.2 Å². The highest BCUT2D eigenvalue weighted by Crippen LogP contribution is 2.21. The van der Waals surface area contributed by atoms with E-state index >= 15 is 0 Å². The minimum atomic E-state index is -0.624. The van der Waals surface area contributed by atoms with Crippen molar-refractivity contribution in [3.8, 4) is 0 Å². The summed E-state index contributed by atoms with van der Waals surface area (Å²) < 4.78 is 13.4. The lowest BCUT2D eigenvalue weighted by atomic mass is 10.3. The molecule has 0 bridgehead atoms. The van der Waals surface area contributed by atoms with Crippen molar-refractivity contribution >= 4 is 23.2 Å². The Balaban J connectivity index is 2.56. The van der Waals surface area contributed by atoms with Crippen LogP contribution < -0.4 is 10.6 Å². The molecule has 0 saturated heterocycles. The van der Waals surface area contributed by atoms with Gasteiger partial charge in [0.1, 0.15) is 0 Å². The second-order valence-electron chi connectivity index (χ2n) is 3.07. The molecular formula is C11H12ClFN2O. The zero-order chi connectivity index (χ0) is 12.0. The van der Waals surface area contributed by atoms with E-state index in [1.807, 2.05) is 0 Å². The average molecular weight is 243 g/mol. The molecule has 0 atom stereocenters. The Hall–Kier alpha value is -1.39. The van der Waals surface area contributed by atoms with Gasteiger partial charge in [-0.1, -0.05) is 23.7 Å². The molecule has 0 aliphatic rings. The minimum Gasteiger partial charge on any atom is -0.322 e. The van der Waals surface area contributed by atoms with Gasteiger partial charge < -0.3 is 10.6 Å². The number of hydrogen-bond donors (Lipinski definition) is 2. The van der Waals surface area contributed by atoms with Crippen LogP contribution in [0.25, 0.3) is 0 Å². The SMILES string of the molecule is C=CCNCC(=O)Nc1cccc(Cl)c1F. The first-order valence-corrected chi connectivity index (χ1v) is 5.08. The molecule has 16 heavy (non-hydrogen) atoms. The van der Waals surface area contributed by atoms with Crippen LogP contribution in [0.15, 0.2) is 30.9 Å². The fourth-order valence-electron chi connectivity index (χ4n) is 1.08. The smallest absolute Gasteiger partial charge is 0.238 e. The van der Waals surface area contributed by atoms with E-state index in [2.05, 4.69) is 17.2 Å². The van der Waals surface area contributed by atoms with E-state index in [1.165, 1.54) is 12.1 Å². The first kappa shape index (κ1) is 12.7. The van der Waals surface area contributed by atoms with Crippen molar-refractivity contribution in [2.75, 3.05) is 18.4 Å². The molecule has 5 heteroatoms. The van der Waals surface area contributed by atoms with Gasteiger partial charge in [0.05, 0.1) is 17.3 Å². The monoisotopic (exact) mass is 242 g/mol. The zero-order valence-corrected chi connectivity index (χ0v) is 9.35. The van der Waals surface area contributed by atoms with Crippen molar-refractivity contribution in [3.63, 3.8) is 0 Å². The molecule has 0 spiro atoms. The minimum absolute atomic E-state index is 0.0168. The summed E-state index contributed by atoms with van der Waals surface area (Å²) in [4.78, 5) is 11.3. The molecule has 1 rings (SSSR count). The standard InChI is InChI=1S/C11H12ClFN2O/c1-2-6-14-7-10(16)15-9-5-3-4-8(12)11(9)13/h2-5,14H,1,6-7H2,(H,15,16). The summed E-state index contributed by atoms with van der Waals surface area (Å²) in [5, 5.41) is 5.20. The number of halogens is 2. The van der Waals surface area contributed by atoms with Gasteiger partial charge in [0, 0.05) is 6.54 Å². The molecule has 3 nitrogen and oxygen atoms in total. The van der Waals surface area contributed by atoms with Gasteiger partial charge in [-0.2, -0.15) is 0 Å². The lowest BCUT2D eigenvalue weighted by Crippen LogP contribution is -2.28. The first-order chi connectivity index (χ1) is 7.65. The van der Waals surface area contributed by atoms with Crippen molar-refractivity contribution in [1.29, 1.82) is 0 Å². The second-order valence-corrected chi connectivity index (χ2v) is 3.48. The second kappa shape index (κ2) is 6.25. The maximum absolute atomic E-state index is 13.4. The van der Waals surface area contributed by atoms with Crippen LogP contribution in [0.3, 0.4) is 0 Å². The Morgan fingerprint density at radius 2 is 2.31 bits per heavy atom. The highest BCUT2D eigenvalue weighted by Gasteiger charge is 2.08. The van der Waals surface area contributed by atoms with Crippen molar-refractivity contribution in [2.24, 2.45) is 0 Å². The van der Waals surface area contributed by atoms with Crippen LogP contribution in [0.1, 0.15) is 0 Å². The van der Waals surface area contributed by atoms with Crippen LogP contribution in [0, 0.1) is 5.82 Å². The number of rotatable bonds is 5. The van der Waals surface area contributed by atoms with Crippen molar-refractivity contribution < 1.29 is 9.18 Å². The summed E-state index contributed by atoms with van der Waals surface area (Å²) in [6.07, 6.45) is 1.63. The maximum atomic E-state index is 13.4. The van der Waals surface area contributed by atoms with E-state index in [4.69, 9.17) is 11.6 Å². The van der Waals surface area contributed by atoms with Gasteiger partial charge in [0.2, 0.25) is 5.91 Å². The maximum Gasteiger partial charge on any atom is 0.238 e. The molecule has 2 N–H and O–H groups in total. The fraction of sp³-hybridized carbons (Fsp3) is 0.182. The topological polar surface area (TPSA) is 41.1 Å². The van der Waals surface area contributed by atoms with Crippen LogP contribution in [0.2, 0.25) is 5.02 Å². The molecular weight excluding hydrogens is 231 g/mol. The number of amides is 1. The fourth-order valence-corrected chi connectivity index (χ4v) is 1.26. The Bertz CT molecular complexity index is 396. The van der Waals surface area contributed by atoms with Crippen molar-refractivity contribution in [2.45, 2.75) is 0 Å². The van der Waals surface area contributed by atoms with Gasteiger partial charge in [-0.15, -0.1) is 6.58 Å². The molecule has 0 saturated carbocycles. The van der Waals surface area contributed by atoms with Crippen molar-refractivity contribution in [1.82, 2.24) is 5.32 Å². The van der Waals surface area contributed by atoms with Crippen LogP contribution in [-0.4, -0.2) is 19.0 Å². The number of carbonyl (C=O) groups excluding carboxylic acids is 1. The lowest BCUT2D eigenvalue weighted by molar-refractivity contribution is -0.115. The molecule has 86 valence electrons. The Kier molecular flexibility index (Phi) is 4.95. The average Bonchev–Trinajstić information content (AvgIpc) is 2.25. The summed E-state index contributed by atoms with van der Waals surface area (Å²) >= 11 is 5.57. The zero-order valence-electron chi connectivity index (χ0n) is 8.59. The number of hydrogen-bond acceptors (Lipinski definition) is 2. The number of nitrogens with one attached hydrogen (secondary N) is 2. The summed E-state index contributed by atoms with van der Waals surface area (Å²) in [7, 11) is 0. The number of benzene rings is 1. The number of anilines is 1. The molecule has 0 heterocycles. The van der Waals surface area contributed by atoms with Crippen LogP contribution in [0.5, 0.6) is 0 Å². The Morgan fingerprint density at radius 1 is 1.56 bits per heavy atom. The highest BCUT2D eigenvalue weighted by atomic mass is 35.5. The summed E-state index contributed by atoms with van der Waals surface area (Å²) in [5.74, 6) is -0.954. The summed E-state index contributed by atoms with van der Waals surface area (Å²) in [6.45, 7) is 4.11. The predicted molar refractivity (Wildman–Crippen MR) is 63.1 cm³/mol. The molecule has 1 amide bonds. The third-order valence-electron chi connectivity index (χ3n) is 1.80. The van der Waals surface area contributed by atoms with Gasteiger partial charge in [-0.25, -0.2) is 4.39 Å². The lowest BCUT2D eigenvalue weighted by Gasteiger charge is -2.07. The van der Waals surface area contributed by atoms with Crippen LogP contribution in [-0.2, 0) is 4.79 Å². The van der Waals surface area contributed by atoms with Gasteiger partial charge >= 0.3 is 0 Å². The molecule has 0 aliphatic heterocycles. The molecule has 0 radical (unpaired) electrons. The molecule has 0 aromatic heterocycles. The van der Waals surface area contributed by atoms with Gasteiger partial charge in [0.25, 0.3) is 0 Å². The Morgan fingerprint density at radius 3 is 3.00 bits per heavy atom. The summed E-state index contributed by atoms with van der Waals surface area (Å²) in [5.41, 5.74) is 0.0814. The predicted octanol–water partition coefficient (Wildman–Crippen LogP) is 2.19. The quantitative estimate of drug-likeness (QED) is 0.614. The largest absolute Gasteiger partial charge is 0.322 e. The van der Waals surface area contributed by atoms with E-state index in [9.17, 15) is 9.18 Å². The highest BCUT2D eigenvalue weighted by molar-refractivity contribution is 6.31. The molecule has 0 aliphatic carbocycles. The van der Waals surface area contributed by atoms with E-state index < -0.39 is 5.82 Å². The third-order valence-corrected chi connectivity index (χ3v) is 2.09. The van der Waals surface area contributed by atoms with E-state index in [0.717, 1.165) is 0 Å². The first-order valence-electron chi connectivity index (χ1n) is 4.70. The third kappa shape index (κ3) is 3.64. The van der Waals surface area contributed by atoms with Crippen LogP contribution in [0.4, 0.5) is 10.1 Å². The molecule has 1 aromatic rings. The van der Waals surface area contributed by atoms with E-state index in [0.29, 0.717) is 6.54 Å². The summed E-state index contributed by atoms with van der Waals surface area (Å²) in [6, 6.07) is 4.44. The molecule has 1 aromatic carbocycles. The molecule has 0 unspecified atom stereocenters. The van der Waals surface area contributed by atoms with E-state index in [1.54, 1.807) is 12.1 Å². The number of carbonyl (C=O) groups is 1.